The van der Waals surface area contributed by atoms with Gasteiger partial charge >= 0.3 is 0 Å². The Morgan fingerprint density at radius 1 is 1.40 bits per heavy atom. The summed E-state index contributed by atoms with van der Waals surface area (Å²) >= 11 is 1.76. The summed E-state index contributed by atoms with van der Waals surface area (Å²) in [6.45, 7) is 3.82. The van der Waals surface area contributed by atoms with Crippen LogP contribution >= 0.6 is 11.3 Å². The van der Waals surface area contributed by atoms with E-state index in [-0.39, 0.29) is 0 Å². The summed E-state index contributed by atoms with van der Waals surface area (Å²) in [4.78, 5) is 5.83. The van der Waals surface area contributed by atoms with E-state index in [1.54, 1.807) is 11.3 Å². The van der Waals surface area contributed by atoms with Gasteiger partial charge in [0.25, 0.3) is 0 Å². The van der Waals surface area contributed by atoms with Crippen molar-refractivity contribution in [3.05, 3.63) is 35.3 Å². The first kappa shape index (κ1) is 13.6. The molecule has 0 amide bonds. The van der Waals surface area contributed by atoms with Gasteiger partial charge in [-0.15, -0.1) is 11.3 Å². The van der Waals surface area contributed by atoms with Gasteiger partial charge in [-0.2, -0.15) is 0 Å². The number of aromatic nitrogens is 1. The lowest BCUT2D eigenvalue weighted by Crippen LogP contribution is -2.14. The Labute approximate surface area is 124 Å². The molecule has 0 atom stereocenters. The topological polar surface area (TPSA) is 34.1 Å². The van der Waals surface area contributed by atoms with Crippen molar-refractivity contribution in [1.29, 1.82) is 0 Å². The zero-order chi connectivity index (χ0) is 13.8. The number of nitrogens with one attached hydrogen (secondary N) is 1. The third kappa shape index (κ3) is 3.58. The van der Waals surface area contributed by atoms with Crippen molar-refractivity contribution in [2.75, 3.05) is 6.61 Å². The van der Waals surface area contributed by atoms with Crippen molar-refractivity contribution in [1.82, 2.24) is 10.3 Å². The fourth-order valence-electron chi connectivity index (χ4n) is 1.99. The van der Waals surface area contributed by atoms with Crippen molar-refractivity contribution in [2.45, 2.75) is 38.8 Å². The van der Waals surface area contributed by atoms with Gasteiger partial charge in [-0.05, 0) is 31.4 Å². The smallest absolute Gasteiger partial charge is 0.123 e. The molecule has 0 radical (unpaired) electrons. The van der Waals surface area contributed by atoms with Crippen molar-refractivity contribution in [2.24, 2.45) is 0 Å². The summed E-state index contributed by atoms with van der Waals surface area (Å²) in [7, 11) is 0. The Hall–Kier alpha value is -1.39. The Kier molecular flexibility index (Phi) is 4.33. The summed E-state index contributed by atoms with van der Waals surface area (Å²) in [5.74, 6) is 0.928. The van der Waals surface area contributed by atoms with Crippen LogP contribution in [0.25, 0.3) is 10.6 Å². The first-order valence-electron chi connectivity index (χ1n) is 7.26. The lowest BCUT2D eigenvalue weighted by atomic mass is 10.2. The number of nitrogens with zero attached hydrogens (tertiary/aromatic N) is 1. The summed E-state index contributed by atoms with van der Waals surface area (Å²) in [5.41, 5.74) is 1.14. The molecule has 1 N–H and O–H groups in total. The van der Waals surface area contributed by atoms with E-state index >= 15 is 0 Å². The quantitative estimate of drug-likeness (QED) is 0.840. The van der Waals surface area contributed by atoms with Gasteiger partial charge in [-0.25, -0.2) is 4.98 Å². The van der Waals surface area contributed by atoms with Crippen LogP contribution in [0.15, 0.2) is 30.5 Å². The summed E-state index contributed by atoms with van der Waals surface area (Å²) in [6.07, 6.45) is 5.65. The van der Waals surface area contributed by atoms with Gasteiger partial charge in [-0.3, -0.25) is 0 Å². The first-order valence-corrected chi connectivity index (χ1v) is 8.08. The van der Waals surface area contributed by atoms with E-state index in [0.717, 1.165) is 41.9 Å². The molecule has 2 aromatic rings. The average molecular weight is 288 g/mol. The molecule has 1 aromatic carbocycles. The van der Waals surface area contributed by atoms with Crippen LogP contribution in [0.5, 0.6) is 5.75 Å². The molecule has 1 saturated carbocycles. The largest absolute Gasteiger partial charge is 0.494 e. The molecule has 0 bridgehead atoms. The lowest BCUT2D eigenvalue weighted by molar-refractivity contribution is 0.317. The Morgan fingerprint density at radius 2 is 2.30 bits per heavy atom. The Balaban J connectivity index is 1.67. The molecule has 0 spiro atoms. The summed E-state index contributed by atoms with van der Waals surface area (Å²) in [5, 5.41) is 4.59. The standard InChI is InChI=1S/C16H20N2OS/c1-2-8-19-14-5-3-4-12(9-14)16-18-11-15(20-16)10-17-13-6-7-13/h3-5,9,11,13,17H,2,6-8,10H2,1H3. The molecule has 1 aliphatic carbocycles. The fourth-order valence-corrected chi connectivity index (χ4v) is 2.85. The van der Waals surface area contributed by atoms with E-state index in [0.29, 0.717) is 0 Å². The number of benzene rings is 1. The van der Waals surface area contributed by atoms with Gasteiger partial charge < -0.3 is 10.1 Å². The Morgan fingerprint density at radius 3 is 3.10 bits per heavy atom. The van der Waals surface area contributed by atoms with Gasteiger partial charge in [0.15, 0.2) is 0 Å². The minimum atomic E-state index is 0.742. The normalized spacial score (nSPS) is 14.4. The third-order valence-electron chi connectivity index (χ3n) is 3.25. The summed E-state index contributed by atoms with van der Waals surface area (Å²) < 4.78 is 5.68. The highest BCUT2D eigenvalue weighted by molar-refractivity contribution is 7.15. The number of hydrogen-bond acceptors (Lipinski definition) is 4. The molecule has 106 valence electrons. The van der Waals surface area contributed by atoms with Crippen molar-refractivity contribution in [3.63, 3.8) is 0 Å². The van der Waals surface area contributed by atoms with Gasteiger partial charge in [0.1, 0.15) is 10.8 Å². The Bertz CT molecular complexity index is 563. The predicted octanol–water partition coefficient (Wildman–Crippen LogP) is 3.85. The molecule has 0 aliphatic heterocycles. The van der Waals surface area contributed by atoms with E-state index < -0.39 is 0 Å². The van der Waals surface area contributed by atoms with Crippen LogP contribution < -0.4 is 10.1 Å². The SMILES string of the molecule is CCCOc1cccc(-c2ncc(CNC3CC3)s2)c1. The second-order valence-electron chi connectivity index (χ2n) is 5.16. The molecule has 0 saturated heterocycles. The highest BCUT2D eigenvalue weighted by atomic mass is 32.1. The second-order valence-corrected chi connectivity index (χ2v) is 6.28. The molecule has 0 unspecified atom stereocenters. The molecule has 3 rings (SSSR count). The number of ether oxygens (including phenoxy) is 1. The van der Waals surface area contributed by atoms with Crippen molar-refractivity contribution < 1.29 is 4.74 Å². The van der Waals surface area contributed by atoms with Crippen LogP contribution in [-0.2, 0) is 6.54 Å². The van der Waals surface area contributed by atoms with E-state index in [1.807, 2.05) is 18.3 Å². The third-order valence-corrected chi connectivity index (χ3v) is 4.30. The summed E-state index contributed by atoms with van der Waals surface area (Å²) in [6, 6.07) is 8.94. The fraction of sp³-hybridized carbons (Fsp3) is 0.438. The van der Waals surface area contributed by atoms with Gasteiger partial charge in [0.05, 0.1) is 6.61 Å². The zero-order valence-corrected chi connectivity index (χ0v) is 12.6. The number of hydrogen-bond donors (Lipinski definition) is 1. The highest BCUT2D eigenvalue weighted by Gasteiger charge is 2.20. The molecule has 1 aliphatic rings. The second kappa shape index (κ2) is 6.37. The minimum absolute atomic E-state index is 0.742. The maximum absolute atomic E-state index is 5.68. The van der Waals surface area contributed by atoms with Gasteiger partial charge in [0.2, 0.25) is 0 Å². The lowest BCUT2D eigenvalue weighted by Gasteiger charge is -2.05. The zero-order valence-electron chi connectivity index (χ0n) is 11.8. The van der Waals surface area contributed by atoms with Crippen LogP contribution in [0.3, 0.4) is 0 Å². The maximum Gasteiger partial charge on any atom is 0.123 e. The van der Waals surface area contributed by atoms with E-state index in [9.17, 15) is 0 Å². The van der Waals surface area contributed by atoms with E-state index in [1.165, 1.54) is 17.7 Å². The predicted molar refractivity (Wildman–Crippen MR) is 83.2 cm³/mol. The van der Waals surface area contributed by atoms with Crippen LogP contribution in [0.1, 0.15) is 31.1 Å². The average Bonchev–Trinajstić information content (AvgIpc) is 3.20. The van der Waals surface area contributed by atoms with Crippen LogP contribution in [-0.4, -0.2) is 17.6 Å². The molecular weight excluding hydrogens is 268 g/mol. The minimum Gasteiger partial charge on any atom is -0.494 e. The number of rotatable bonds is 7. The molecule has 4 heteroatoms. The van der Waals surface area contributed by atoms with Crippen LogP contribution in [0.4, 0.5) is 0 Å². The van der Waals surface area contributed by atoms with E-state index in [4.69, 9.17) is 4.74 Å². The molecule has 1 fully saturated rings. The molecule has 1 aromatic heterocycles. The molecule has 1 heterocycles. The van der Waals surface area contributed by atoms with Crippen LogP contribution in [0.2, 0.25) is 0 Å². The number of thiazole rings is 1. The van der Waals surface area contributed by atoms with Crippen molar-refractivity contribution >= 4 is 11.3 Å². The van der Waals surface area contributed by atoms with E-state index in [2.05, 4.69) is 29.4 Å². The molecular formula is C16H20N2OS. The molecule has 20 heavy (non-hydrogen) atoms. The maximum atomic E-state index is 5.68. The van der Waals surface area contributed by atoms with Crippen molar-refractivity contribution in [3.8, 4) is 16.3 Å². The first-order chi connectivity index (χ1) is 9.85. The van der Waals surface area contributed by atoms with Gasteiger partial charge in [-0.1, -0.05) is 19.1 Å². The molecule has 3 nitrogen and oxygen atoms in total. The van der Waals surface area contributed by atoms with Gasteiger partial charge in [0, 0.05) is 29.2 Å². The monoisotopic (exact) mass is 288 g/mol. The van der Waals surface area contributed by atoms with Crippen LogP contribution in [0, 0.1) is 0 Å². The highest BCUT2D eigenvalue weighted by Crippen LogP contribution is 2.28.